The molecule has 0 unspecified atom stereocenters. The van der Waals surface area contributed by atoms with Crippen LogP contribution in [0, 0.1) is 0 Å². The van der Waals surface area contributed by atoms with Crippen LogP contribution in [0.25, 0.3) is 77.2 Å². The molecule has 1 heteroatoms. The summed E-state index contributed by atoms with van der Waals surface area (Å²) < 4.78 is 0. The van der Waals surface area contributed by atoms with Gasteiger partial charge in [-0.3, -0.25) is 0 Å². The molecule has 0 aromatic heterocycles. The van der Waals surface area contributed by atoms with E-state index in [1.54, 1.807) is 0 Å². The van der Waals surface area contributed by atoms with Crippen LogP contribution >= 0.6 is 0 Å². The summed E-state index contributed by atoms with van der Waals surface area (Å²) in [6, 6.07) is 89.0. The van der Waals surface area contributed by atoms with Crippen molar-refractivity contribution >= 4 is 38.6 Å². The van der Waals surface area contributed by atoms with Crippen LogP contribution in [0.2, 0.25) is 0 Å². The van der Waals surface area contributed by atoms with Gasteiger partial charge in [-0.05, 0) is 153 Å². The van der Waals surface area contributed by atoms with Crippen LogP contribution in [0.4, 0.5) is 17.1 Å². The molecule has 0 saturated heterocycles. The highest BCUT2D eigenvalue weighted by atomic mass is 15.1. The average Bonchev–Trinajstić information content (AvgIpc) is 3.94. The van der Waals surface area contributed by atoms with Gasteiger partial charge in [-0.2, -0.15) is 0 Å². The van der Waals surface area contributed by atoms with E-state index in [1.807, 2.05) is 0 Å². The minimum atomic E-state index is -0.561. The average molecular weight is 852 g/mol. The van der Waals surface area contributed by atoms with Crippen molar-refractivity contribution in [3.8, 4) is 55.6 Å². The van der Waals surface area contributed by atoms with Crippen molar-refractivity contribution in [1.82, 2.24) is 0 Å². The number of nitrogens with zero attached hydrogens (tertiary/aromatic N) is 1. The third kappa shape index (κ3) is 5.31. The highest BCUT2D eigenvalue weighted by molar-refractivity contribution is 6.04. The molecule has 0 saturated carbocycles. The maximum atomic E-state index is 2.54. The van der Waals surface area contributed by atoms with Crippen LogP contribution in [-0.4, -0.2) is 0 Å². The zero-order valence-electron chi connectivity index (χ0n) is 37.5. The molecule has 14 rings (SSSR count). The van der Waals surface area contributed by atoms with Crippen molar-refractivity contribution in [2.24, 2.45) is 0 Å². The molecular formula is C66H45N. The molecule has 0 aliphatic heterocycles. The molecule has 11 aromatic rings. The summed E-state index contributed by atoms with van der Waals surface area (Å²) in [6.07, 6.45) is 0. The van der Waals surface area contributed by atoms with E-state index >= 15 is 0 Å². The molecule has 11 aromatic carbocycles. The lowest BCUT2D eigenvalue weighted by Crippen LogP contribution is -2.27. The first-order valence-corrected chi connectivity index (χ1v) is 23.6. The second kappa shape index (κ2) is 14.1. The number of anilines is 3. The number of hydrogen-bond acceptors (Lipinski definition) is 1. The lowest BCUT2D eigenvalue weighted by molar-refractivity contribution is 0.660. The van der Waals surface area contributed by atoms with Gasteiger partial charge in [0.15, 0.2) is 0 Å². The number of rotatable bonds is 5. The number of fused-ring (bicyclic) bond motifs is 15. The third-order valence-corrected chi connectivity index (χ3v) is 15.4. The smallest absolute Gasteiger partial charge is 0.0732 e. The Morgan fingerprint density at radius 2 is 0.761 bits per heavy atom. The van der Waals surface area contributed by atoms with Crippen LogP contribution < -0.4 is 4.90 Å². The van der Waals surface area contributed by atoms with Crippen LogP contribution in [0.15, 0.2) is 237 Å². The molecule has 0 heterocycles. The van der Waals surface area contributed by atoms with E-state index in [0.717, 1.165) is 17.1 Å². The second-order valence-corrected chi connectivity index (χ2v) is 19.2. The molecule has 1 nitrogen and oxygen atoms in total. The van der Waals surface area contributed by atoms with Crippen molar-refractivity contribution in [1.29, 1.82) is 0 Å². The molecule has 0 radical (unpaired) electrons. The zero-order valence-corrected chi connectivity index (χ0v) is 37.5. The first kappa shape index (κ1) is 38.1. The van der Waals surface area contributed by atoms with Gasteiger partial charge in [-0.1, -0.05) is 208 Å². The topological polar surface area (TPSA) is 3.24 Å². The van der Waals surface area contributed by atoms with E-state index in [4.69, 9.17) is 0 Å². The fourth-order valence-corrected chi connectivity index (χ4v) is 12.4. The molecule has 314 valence electrons. The van der Waals surface area contributed by atoms with Gasteiger partial charge in [0.05, 0.1) is 5.41 Å². The Labute approximate surface area is 391 Å². The maximum absolute atomic E-state index is 2.54. The lowest BCUT2D eigenvalue weighted by Gasteiger charge is -2.34. The van der Waals surface area contributed by atoms with Crippen molar-refractivity contribution in [3.05, 3.63) is 270 Å². The molecular weight excluding hydrogens is 807 g/mol. The summed E-state index contributed by atoms with van der Waals surface area (Å²) in [7, 11) is 0. The van der Waals surface area contributed by atoms with Gasteiger partial charge >= 0.3 is 0 Å². The van der Waals surface area contributed by atoms with E-state index in [0.29, 0.717) is 0 Å². The van der Waals surface area contributed by atoms with Gasteiger partial charge in [0.25, 0.3) is 0 Å². The fourth-order valence-electron chi connectivity index (χ4n) is 12.4. The van der Waals surface area contributed by atoms with Crippen molar-refractivity contribution < 1.29 is 0 Å². The second-order valence-electron chi connectivity index (χ2n) is 19.2. The highest BCUT2D eigenvalue weighted by Gasteiger charge is 2.53. The normalized spacial score (nSPS) is 14.1. The Morgan fingerprint density at radius 1 is 0.284 bits per heavy atom. The molecule has 3 aliphatic carbocycles. The quantitative estimate of drug-likeness (QED) is 0.167. The minimum Gasteiger partial charge on any atom is -0.310 e. The van der Waals surface area contributed by atoms with E-state index in [1.165, 1.54) is 111 Å². The van der Waals surface area contributed by atoms with Crippen molar-refractivity contribution in [2.75, 3.05) is 4.90 Å². The Kier molecular flexibility index (Phi) is 8.02. The van der Waals surface area contributed by atoms with Crippen molar-refractivity contribution in [3.63, 3.8) is 0 Å². The zero-order chi connectivity index (χ0) is 44.4. The molecule has 3 aliphatic rings. The number of benzene rings is 11. The van der Waals surface area contributed by atoms with Gasteiger partial charge in [-0.15, -0.1) is 0 Å². The Bertz CT molecular complexity index is 3800. The standard InChI is InChI=1S/C66H45N/c1-65(2)61-39-46(42-16-4-3-5-17-42)31-35-54(61)55-36-33-48(40-62(55)65)67(47-32-30-43-18-6-7-20-45(43)38-47)49-34-37-56-58-27-15-26-57(51-25-14-21-44-19-8-9-22-50(44)51)64(58)66(63(56)41-49)59-28-12-10-23-52(59)53-24-11-13-29-60(53)66/h3-41H,1-2H3. The van der Waals surface area contributed by atoms with Crippen LogP contribution in [-0.2, 0) is 10.8 Å². The number of hydrogen-bond donors (Lipinski definition) is 0. The lowest BCUT2D eigenvalue weighted by atomic mass is 9.68. The summed E-state index contributed by atoms with van der Waals surface area (Å²) in [5.41, 5.74) is 23.6. The largest absolute Gasteiger partial charge is 0.310 e. The van der Waals surface area contributed by atoms with Gasteiger partial charge in [0.1, 0.15) is 0 Å². The fraction of sp³-hybridized carbons (Fsp3) is 0.0606. The van der Waals surface area contributed by atoms with Gasteiger partial charge in [0.2, 0.25) is 0 Å². The summed E-state index contributed by atoms with van der Waals surface area (Å²) in [6.45, 7) is 4.80. The highest BCUT2D eigenvalue weighted by Crippen LogP contribution is 2.65. The summed E-state index contributed by atoms with van der Waals surface area (Å²) in [5, 5.41) is 4.97. The minimum absolute atomic E-state index is 0.209. The first-order chi connectivity index (χ1) is 33.0. The Morgan fingerprint density at radius 3 is 1.51 bits per heavy atom. The monoisotopic (exact) mass is 851 g/mol. The molecule has 0 fully saturated rings. The van der Waals surface area contributed by atoms with Crippen LogP contribution in [0.5, 0.6) is 0 Å². The van der Waals surface area contributed by atoms with Gasteiger partial charge < -0.3 is 4.90 Å². The summed E-state index contributed by atoms with van der Waals surface area (Å²) in [5.74, 6) is 0. The van der Waals surface area contributed by atoms with E-state index in [2.05, 4.69) is 255 Å². The Hall–Kier alpha value is -8.26. The predicted octanol–water partition coefficient (Wildman–Crippen LogP) is 17.4. The SMILES string of the molecule is CC1(C)c2cc(-c3ccccc3)ccc2-c2ccc(N(c3ccc4c(c3)C3(c5ccccc5-c5ccccc53)c3c-4cccc3-c3cccc4ccccc34)c3ccc4ccccc4c3)cc21. The van der Waals surface area contributed by atoms with Crippen LogP contribution in [0.3, 0.4) is 0 Å². The summed E-state index contributed by atoms with van der Waals surface area (Å²) in [4.78, 5) is 2.51. The van der Waals surface area contributed by atoms with E-state index in [-0.39, 0.29) is 5.41 Å². The Balaban J connectivity index is 1.02. The van der Waals surface area contributed by atoms with E-state index in [9.17, 15) is 0 Å². The van der Waals surface area contributed by atoms with E-state index < -0.39 is 5.41 Å². The maximum Gasteiger partial charge on any atom is 0.0732 e. The molecule has 0 atom stereocenters. The van der Waals surface area contributed by atoms with Crippen LogP contribution in [0.1, 0.15) is 47.2 Å². The summed E-state index contributed by atoms with van der Waals surface area (Å²) >= 11 is 0. The third-order valence-electron chi connectivity index (χ3n) is 15.4. The van der Waals surface area contributed by atoms with Gasteiger partial charge in [0, 0.05) is 22.5 Å². The molecule has 1 spiro atoms. The predicted molar refractivity (Wildman–Crippen MR) is 281 cm³/mol. The molecule has 0 N–H and O–H groups in total. The van der Waals surface area contributed by atoms with Gasteiger partial charge in [-0.25, -0.2) is 0 Å². The molecule has 0 bridgehead atoms. The molecule has 67 heavy (non-hydrogen) atoms. The first-order valence-electron chi connectivity index (χ1n) is 23.6. The molecule has 0 amide bonds. The van der Waals surface area contributed by atoms with Crippen molar-refractivity contribution in [2.45, 2.75) is 24.7 Å².